The van der Waals surface area contributed by atoms with E-state index in [-0.39, 0.29) is 0 Å². The Morgan fingerprint density at radius 3 is 2.31 bits per heavy atom. The molecule has 0 nitrogen and oxygen atoms in total. The summed E-state index contributed by atoms with van der Waals surface area (Å²) in [6, 6.07) is 8.77. The predicted molar refractivity (Wildman–Crippen MR) is 76.5 cm³/mol. The molecule has 0 bridgehead atoms. The largest absolute Gasteiger partial charge is 0.103 e. The minimum atomic E-state index is -1.04. The van der Waals surface area contributed by atoms with Crippen LogP contribution in [0.4, 0.5) is 0 Å². The number of allylic oxidation sites excluding steroid dienone is 2. The van der Waals surface area contributed by atoms with E-state index in [0.717, 1.165) is 12.8 Å². The molecule has 1 aromatic rings. The molecule has 1 aromatic carbocycles. The Morgan fingerprint density at radius 2 is 1.75 bits per heavy atom. The number of hydrogen-bond acceptors (Lipinski definition) is 0. The van der Waals surface area contributed by atoms with E-state index in [1.54, 1.807) is 0 Å². The van der Waals surface area contributed by atoms with Crippen molar-refractivity contribution in [3.8, 4) is 0 Å². The van der Waals surface area contributed by atoms with Crippen LogP contribution >= 0.6 is 0 Å². The summed E-state index contributed by atoms with van der Waals surface area (Å²) >= 11 is 0. The first-order chi connectivity index (χ1) is 7.51. The van der Waals surface area contributed by atoms with Crippen molar-refractivity contribution >= 4 is 8.07 Å². The van der Waals surface area contributed by atoms with Crippen LogP contribution in [0.15, 0.2) is 48.7 Å². The molecule has 0 saturated carbocycles. The smallest absolute Gasteiger partial charge is 0.0683 e. The molecule has 0 saturated heterocycles. The zero-order chi connectivity index (χ0) is 12.0. The van der Waals surface area contributed by atoms with Gasteiger partial charge in [-0.3, -0.25) is 0 Å². The number of benzene rings is 1. The lowest BCUT2D eigenvalue weighted by Crippen LogP contribution is -2.15. The van der Waals surface area contributed by atoms with Crippen molar-refractivity contribution in [3.63, 3.8) is 0 Å². The Labute approximate surface area is 101 Å². The van der Waals surface area contributed by atoms with Gasteiger partial charge in [0.15, 0.2) is 0 Å². The molecular weight excluding hydrogens is 208 g/mol. The number of rotatable bonds is 5. The van der Waals surface area contributed by atoms with Gasteiger partial charge >= 0.3 is 0 Å². The van der Waals surface area contributed by atoms with Gasteiger partial charge in [-0.05, 0) is 24.0 Å². The van der Waals surface area contributed by atoms with Gasteiger partial charge in [0.25, 0.3) is 0 Å². The lowest BCUT2D eigenvalue weighted by Gasteiger charge is -2.08. The lowest BCUT2D eigenvalue weighted by atomic mass is 10.1. The van der Waals surface area contributed by atoms with E-state index in [1.165, 1.54) is 11.1 Å². The Balaban J connectivity index is 2.64. The van der Waals surface area contributed by atoms with E-state index >= 15 is 0 Å². The molecule has 86 valence electrons. The molecular formula is C15H22Si. The summed E-state index contributed by atoms with van der Waals surface area (Å²) in [5, 5.41) is 0. The van der Waals surface area contributed by atoms with Crippen LogP contribution in [0.2, 0.25) is 19.6 Å². The van der Waals surface area contributed by atoms with Crippen molar-refractivity contribution in [2.45, 2.75) is 32.5 Å². The van der Waals surface area contributed by atoms with Crippen molar-refractivity contribution in [2.75, 3.05) is 0 Å². The third-order valence-electron chi connectivity index (χ3n) is 2.34. The summed E-state index contributed by atoms with van der Waals surface area (Å²) in [7, 11) is -1.04. The van der Waals surface area contributed by atoms with Crippen LogP contribution in [0, 0.1) is 0 Å². The fourth-order valence-corrected chi connectivity index (χ4v) is 2.42. The molecule has 0 heterocycles. The molecule has 0 radical (unpaired) electrons. The summed E-state index contributed by atoms with van der Waals surface area (Å²) in [6.45, 7) is 10.8. The summed E-state index contributed by atoms with van der Waals surface area (Å²) in [4.78, 5) is 0. The third kappa shape index (κ3) is 5.13. The van der Waals surface area contributed by atoms with Crippen molar-refractivity contribution in [1.82, 2.24) is 0 Å². The second-order valence-corrected chi connectivity index (χ2v) is 10.4. The van der Waals surface area contributed by atoms with Crippen LogP contribution < -0.4 is 0 Å². The molecule has 0 unspecified atom stereocenters. The van der Waals surface area contributed by atoms with Crippen molar-refractivity contribution < 1.29 is 0 Å². The third-order valence-corrected chi connectivity index (χ3v) is 3.58. The second-order valence-electron chi connectivity index (χ2n) is 5.29. The van der Waals surface area contributed by atoms with E-state index in [1.807, 2.05) is 6.08 Å². The normalized spacial score (nSPS) is 11.9. The molecule has 0 N–H and O–H groups in total. The molecule has 0 spiro atoms. The molecule has 0 aliphatic carbocycles. The average Bonchev–Trinajstić information content (AvgIpc) is 2.17. The average molecular weight is 230 g/mol. The Hall–Kier alpha value is -1.08. The van der Waals surface area contributed by atoms with Crippen molar-refractivity contribution in [1.29, 1.82) is 0 Å². The molecule has 0 aliphatic rings. The van der Waals surface area contributed by atoms with Gasteiger partial charge in [0.05, 0.1) is 8.07 Å². The first-order valence-corrected chi connectivity index (χ1v) is 9.45. The second kappa shape index (κ2) is 5.85. The van der Waals surface area contributed by atoms with E-state index in [0.29, 0.717) is 0 Å². The molecule has 16 heavy (non-hydrogen) atoms. The molecule has 1 heteroatoms. The van der Waals surface area contributed by atoms with Crippen LogP contribution in [0.3, 0.4) is 0 Å². The Morgan fingerprint density at radius 1 is 1.12 bits per heavy atom. The quantitative estimate of drug-likeness (QED) is 0.520. The topological polar surface area (TPSA) is 0 Å². The molecule has 0 fully saturated rings. The highest BCUT2D eigenvalue weighted by Crippen LogP contribution is 2.09. The summed E-state index contributed by atoms with van der Waals surface area (Å²) < 4.78 is 0. The van der Waals surface area contributed by atoms with Crippen LogP contribution in [0.5, 0.6) is 0 Å². The van der Waals surface area contributed by atoms with Gasteiger partial charge in [-0.1, -0.05) is 61.8 Å². The highest BCUT2D eigenvalue weighted by Gasteiger charge is 2.06. The van der Waals surface area contributed by atoms with Gasteiger partial charge in [0.2, 0.25) is 0 Å². The molecule has 0 amide bonds. The fraction of sp³-hybridized carbons (Fsp3) is 0.333. The Kier molecular flexibility index (Phi) is 4.75. The van der Waals surface area contributed by atoms with Gasteiger partial charge in [-0.25, -0.2) is 0 Å². The molecule has 1 rings (SSSR count). The fourth-order valence-electron chi connectivity index (χ4n) is 1.60. The molecule has 0 atom stereocenters. The predicted octanol–water partition coefficient (Wildman–Crippen LogP) is 4.39. The van der Waals surface area contributed by atoms with Gasteiger partial charge in [-0.15, -0.1) is 6.58 Å². The highest BCUT2D eigenvalue weighted by molar-refractivity contribution is 6.80. The van der Waals surface area contributed by atoms with Crippen LogP contribution in [-0.4, -0.2) is 8.07 Å². The minimum Gasteiger partial charge on any atom is -0.103 e. The van der Waals surface area contributed by atoms with Gasteiger partial charge in [0.1, 0.15) is 0 Å². The summed E-state index contributed by atoms with van der Waals surface area (Å²) in [5.74, 6) is 0. The van der Waals surface area contributed by atoms with Crippen LogP contribution in [0.1, 0.15) is 11.1 Å². The Bertz CT molecular complexity index is 369. The zero-order valence-corrected chi connectivity index (χ0v) is 11.7. The van der Waals surface area contributed by atoms with Crippen molar-refractivity contribution in [3.05, 3.63) is 59.8 Å². The maximum Gasteiger partial charge on any atom is 0.0683 e. The van der Waals surface area contributed by atoms with Gasteiger partial charge in [-0.2, -0.15) is 0 Å². The zero-order valence-electron chi connectivity index (χ0n) is 10.7. The maximum atomic E-state index is 3.77. The van der Waals surface area contributed by atoms with Crippen LogP contribution in [0.25, 0.3) is 0 Å². The SMILES string of the molecule is C=CCc1cccc(C/C=C/[Si](C)(C)C)c1. The maximum absolute atomic E-state index is 3.77. The monoisotopic (exact) mass is 230 g/mol. The van der Waals surface area contributed by atoms with E-state index in [9.17, 15) is 0 Å². The minimum absolute atomic E-state index is 0.964. The van der Waals surface area contributed by atoms with E-state index in [2.05, 4.69) is 62.3 Å². The van der Waals surface area contributed by atoms with E-state index < -0.39 is 8.07 Å². The summed E-state index contributed by atoms with van der Waals surface area (Å²) in [6.07, 6.45) is 6.29. The lowest BCUT2D eigenvalue weighted by molar-refractivity contribution is 1.20. The van der Waals surface area contributed by atoms with Crippen molar-refractivity contribution in [2.24, 2.45) is 0 Å². The highest BCUT2D eigenvalue weighted by atomic mass is 28.3. The van der Waals surface area contributed by atoms with E-state index in [4.69, 9.17) is 0 Å². The van der Waals surface area contributed by atoms with Crippen LogP contribution in [-0.2, 0) is 12.8 Å². The van der Waals surface area contributed by atoms with Gasteiger partial charge < -0.3 is 0 Å². The van der Waals surface area contributed by atoms with Gasteiger partial charge in [0, 0.05) is 0 Å². The molecule has 0 aromatic heterocycles. The first kappa shape index (κ1) is 13.0. The number of hydrogen-bond donors (Lipinski definition) is 0. The molecule has 0 aliphatic heterocycles. The summed E-state index contributed by atoms with van der Waals surface area (Å²) in [5.41, 5.74) is 5.16. The first-order valence-electron chi connectivity index (χ1n) is 5.88. The standard InChI is InChI=1S/C15H22Si/c1-5-8-14-9-6-10-15(13-14)11-7-12-16(2,3)4/h5-7,9-10,12-13H,1,8,11H2,2-4H3/b12-7+.